The maximum Gasteiger partial charge on any atom is 0.258 e. The van der Waals surface area contributed by atoms with Crippen molar-refractivity contribution < 1.29 is 8.91 Å². The summed E-state index contributed by atoms with van der Waals surface area (Å²) in [5, 5.41) is 7.37. The molecular weight excluding hydrogens is 269 g/mol. The normalized spacial score (nSPS) is 16.7. The first-order valence-electron chi connectivity index (χ1n) is 6.24. The molecule has 0 atom stereocenters. The van der Waals surface area contributed by atoms with E-state index in [0.717, 1.165) is 25.9 Å². The lowest BCUT2D eigenvalue weighted by molar-refractivity contribution is 0.392. The zero-order valence-corrected chi connectivity index (χ0v) is 11.0. The van der Waals surface area contributed by atoms with E-state index >= 15 is 0 Å². The minimum atomic E-state index is -0.485. The second-order valence-corrected chi connectivity index (χ2v) is 5.02. The average Bonchev–Trinajstić information content (AvgIpc) is 2.93. The number of piperidine rings is 1. The summed E-state index contributed by atoms with van der Waals surface area (Å²) >= 11 is 5.65. The molecule has 0 saturated carbocycles. The molecule has 1 N–H and O–H groups in total. The van der Waals surface area contributed by atoms with Crippen molar-refractivity contribution in [2.75, 3.05) is 13.1 Å². The highest BCUT2D eigenvalue weighted by Gasteiger charge is 2.21. The molecule has 1 saturated heterocycles. The molecule has 3 rings (SSSR count). The predicted molar refractivity (Wildman–Crippen MR) is 69.5 cm³/mol. The number of halogens is 2. The second kappa shape index (κ2) is 5.27. The van der Waals surface area contributed by atoms with Crippen LogP contribution in [0.4, 0.5) is 4.39 Å². The molecule has 1 aliphatic rings. The van der Waals surface area contributed by atoms with Gasteiger partial charge in [0.15, 0.2) is 5.82 Å². The van der Waals surface area contributed by atoms with Gasteiger partial charge in [-0.2, -0.15) is 4.98 Å². The van der Waals surface area contributed by atoms with Gasteiger partial charge in [0, 0.05) is 11.5 Å². The van der Waals surface area contributed by atoms with Crippen LogP contribution in [0.25, 0.3) is 11.5 Å². The second-order valence-electron chi connectivity index (χ2n) is 4.61. The van der Waals surface area contributed by atoms with Gasteiger partial charge in [-0.3, -0.25) is 0 Å². The Morgan fingerprint density at radius 1 is 1.32 bits per heavy atom. The van der Waals surface area contributed by atoms with E-state index in [1.54, 1.807) is 6.07 Å². The Hall–Kier alpha value is -1.46. The van der Waals surface area contributed by atoms with Gasteiger partial charge in [0.1, 0.15) is 5.82 Å². The molecule has 0 unspecified atom stereocenters. The van der Waals surface area contributed by atoms with E-state index in [4.69, 9.17) is 16.1 Å². The van der Waals surface area contributed by atoms with Crippen LogP contribution in [-0.4, -0.2) is 23.2 Å². The number of nitrogens with one attached hydrogen (secondary N) is 1. The zero-order valence-electron chi connectivity index (χ0n) is 10.2. The van der Waals surface area contributed by atoms with Gasteiger partial charge in [0.05, 0.1) is 5.02 Å². The first-order valence-corrected chi connectivity index (χ1v) is 6.61. The molecular formula is C13H13ClFN3O. The van der Waals surface area contributed by atoms with Crippen molar-refractivity contribution in [2.24, 2.45) is 0 Å². The number of rotatable bonds is 2. The van der Waals surface area contributed by atoms with Crippen LogP contribution in [0.1, 0.15) is 24.6 Å². The molecule has 1 aromatic heterocycles. The Balaban J connectivity index is 1.85. The fraction of sp³-hybridized carbons (Fsp3) is 0.385. The monoisotopic (exact) mass is 281 g/mol. The third-order valence-corrected chi connectivity index (χ3v) is 3.62. The lowest BCUT2D eigenvalue weighted by Crippen LogP contribution is -2.27. The quantitative estimate of drug-likeness (QED) is 0.919. The van der Waals surface area contributed by atoms with E-state index in [2.05, 4.69) is 15.5 Å². The van der Waals surface area contributed by atoms with Gasteiger partial charge in [-0.25, -0.2) is 4.39 Å². The molecule has 2 aromatic rings. The Bertz CT molecular complexity index is 581. The standard InChI is InChI=1S/C13H13ClFN3O/c14-10-2-1-9(7-11(10)15)13-17-12(18-19-13)8-3-5-16-6-4-8/h1-2,7-8,16H,3-6H2. The average molecular weight is 282 g/mol. The van der Waals surface area contributed by atoms with E-state index in [-0.39, 0.29) is 5.02 Å². The number of benzene rings is 1. The first kappa shape index (κ1) is 12.6. The molecule has 4 nitrogen and oxygen atoms in total. The summed E-state index contributed by atoms with van der Waals surface area (Å²) in [4.78, 5) is 4.36. The molecule has 1 aromatic carbocycles. The van der Waals surface area contributed by atoms with E-state index in [1.165, 1.54) is 12.1 Å². The Morgan fingerprint density at radius 2 is 2.11 bits per heavy atom. The molecule has 0 spiro atoms. The van der Waals surface area contributed by atoms with Crippen molar-refractivity contribution in [3.8, 4) is 11.5 Å². The zero-order chi connectivity index (χ0) is 13.2. The van der Waals surface area contributed by atoms with Crippen LogP contribution in [0.2, 0.25) is 5.02 Å². The van der Waals surface area contributed by atoms with Crippen molar-refractivity contribution in [3.63, 3.8) is 0 Å². The van der Waals surface area contributed by atoms with Gasteiger partial charge in [-0.1, -0.05) is 16.8 Å². The summed E-state index contributed by atoms with van der Waals surface area (Å²) in [7, 11) is 0. The molecule has 1 aliphatic heterocycles. The maximum atomic E-state index is 13.4. The van der Waals surface area contributed by atoms with E-state index in [0.29, 0.717) is 23.2 Å². The topological polar surface area (TPSA) is 51.0 Å². The number of hydrogen-bond donors (Lipinski definition) is 1. The molecule has 6 heteroatoms. The van der Waals surface area contributed by atoms with E-state index in [9.17, 15) is 4.39 Å². The van der Waals surface area contributed by atoms with Crippen LogP contribution in [0.5, 0.6) is 0 Å². The highest BCUT2D eigenvalue weighted by molar-refractivity contribution is 6.30. The molecule has 0 bridgehead atoms. The predicted octanol–water partition coefficient (Wildman–Crippen LogP) is 3.00. The number of aromatic nitrogens is 2. The highest BCUT2D eigenvalue weighted by Crippen LogP contribution is 2.27. The summed E-state index contributed by atoms with van der Waals surface area (Å²) in [6.45, 7) is 1.92. The largest absolute Gasteiger partial charge is 0.334 e. The number of nitrogens with zero attached hydrogens (tertiary/aromatic N) is 2. The summed E-state index contributed by atoms with van der Waals surface area (Å²) in [6.07, 6.45) is 1.99. The minimum Gasteiger partial charge on any atom is -0.334 e. The molecule has 100 valence electrons. The van der Waals surface area contributed by atoms with Gasteiger partial charge >= 0.3 is 0 Å². The Labute approximate surface area is 115 Å². The fourth-order valence-electron chi connectivity index (χ4n) is 2.23. The van der Waals surface area contributed by atoms with Gasteiger partial charge in [-0.15, -0.1) is 0 Å². The van der Waals surface area contributed by atoms with Gasteiger partial charge in [0.25, 0.3) is 5.89 Å². The van der Waals surface area contributed by atoms with Crippen molar-refractivity contribution in [2.45, 2.75) is 18.8 Å². The Kier molecular flexibility index (Phi) is 3.48. The third kappa shape index (κ3) is 2.62. The SMILES string of the molecule is Fc1cc(-c2nc(C3CCNCC3)no2)ccc1Cl. The van der Waals surface area contributed by atoms with Crippen molar-refractivity contribution in [1.29, 1.82) is 0 Å². The lowest BCUT2D eigenvalue weighted by atomic mass is 9.98. The van der Waals surface area contributed by atoms with Crippen LogP contribution in [-0.2, 0) is 0 Å². The van der Waals surface area contributed by atoms with Crippen LogP contribution >= 0.6 is 11.6 Å². The van der Waals surface area contributed by atoms with Crippen molar-refractivity contribution in [1.82, 2.24) is 15.5 Å². The fourth-order valence-corrected chi connectivity index (χ4v) is 2.34. The summed E-state index contributed by atoms with van der Waals surface area (Å²) in [5.74, 6) is 0.868. The van der Waals surface area contributed by atoms with E-state index < -0.39 is 5.82 Å². The minimum absolute atomic E-state index is 0.0850. The first-order chi connectivity index (χ1) is 9.24. The van der Waals surface area contributed by atoms with Crippen molar-refractivity contribution in [3.05, 3.63) is 34.9 Å². The van der Waals surface area contributed by atoms with Gasteiger partial charge in [0.2, 0.25) is 0 Å². The third-order valence-electron chi connectivity index (χ3n) is 3.31. The van der Waals surface area contributed by atoms with Crippen LogP contribution < -0.4 is 5.32 Å². The Morgan fingerprint density at radius 3 is 2.84 bits per heavy atom. The van der Waals surface area contributed by atoms with Gasteiger partial charge < -0.3 is 9.84 Å². The molecule has 2 heterocycles. The molecule has 0 aliphatic carbocycles. The van der Waals surface area contributed by atoms with Crippen LogP contribution in [0.15, 0.2) is 22.7 Å². The highest BCUT2D eigenvalue weighted by atomic mass is 35.5. The number of hydrogen-bond acceptors (Lipinski definition) is 4. The van der Waals surface area contributed by atoms with Gasteiger partial charge in [-0.05, 0) is 44.1 Å². The van der Waals surface area contributed by atoms with Crippen LogP contribution in [0.3, 0.4) is 0 Å². The lowest BCUT2D eigenvalue weighted by Gasteiger charge is -2.18. The molecule has 1 fully saturated rings. The maximum absolute atomic E-state index is 13.4. The van der Waals surface area contributed by atoms with Crippen LogP contribution in [0, 0.1) is 5.82 Å². The summed E-state index contributed by atoms with van der Waals surface area (Å²) < 4.78 is 18.6. The van der Waals surface area contributed by atoms with Crippen molar-refractivity contribution >= 4 is 11.6 Å². The molecule has 0 radical (unpaired) electrons. The smallest absolute Gasteiger partial charge is 0.258 e. The summed E-state index contributed by atoms with van der Waals surface area (Å²) in [5.41, 5.74) is 0.551. The van der Waals surface area contributed by atoms with E-state index in [1.807, 2.05) is 0 Å². The molecule has 0 amide bonds. The summed E-state index contributed by atoms with van der Waals surface area (Å²) in [6, 6.07) is 4.47. The molecule has 19 heavy (non-hydrogen) atoms.